The van der Waals surface area contributed by atoms with E-state index in [-0.39, 0.29) is 11.9 Å². The molecule has 1 heterocycles. The van der Waals surface area contributed by atoms with Gasteiger partial charge in [-0.15, -0.1) is 0 Å². The SMILES string of the molecule is CCOC(=O)C1CCCC(NC(C)CN2CCCCC2)C1. The molecule has 1 saturated carbocycles. The molecule has 2 rings (SSSR count). The van der Waals surface area contributed by atoms with Crippen molar-refractivity contribution in [1.82, 2.24) is 10.2 Å². The lowest BCUT2D eigenvalue weighted by Crippen LogP contribution is -2.47. The molecule has 0 aromatic carbocycles. The highest BCUT2D eigenvalue weighted by atomic mass is 16.5. The predicted molar refractivity (Wildman–Crippen MR) is 85.3 cm³/mol. The van der Waals surface area contributed by atoms with Crippen LogP contribution in [0, 0.1) is 5.92 Å². The van der Waals surface area contributed by atoms with Crippen molar-refractivity contribution in [3.05, 3.63) is 0 Å². The van der Waals surface area contributed by atoms with Gasteiger partial charge in [0.15, 0.2) is 0 Å². The second-order valence-corrected chi connectivity index (χ2v) is 6.74. The summed E-state index contributed by atoms with van der Waals surface area (Å²) in [5.74, 6) is 0.117. The minimum absolute atomic E-state index is 0.00711. The zero-order chi connectivity index (χ0) is 15.1. The van der Waals surface area contributed by atoms with E-state index in [9.17, 15) is 4.79 Å². The van der Waals surface area contributed by atoms with Crippen molar-refractivity contribution < 1.29 is 9.53 Å². The van der Waals surface area contributed by atoms with Gasteiger partial charge in [0.05, 0.1) is 12.5 Å². The minimum Gasteiger partial charge on any atom is -0.466 e. The van der Waals surface area contributed by atoms with E-state index in [0.717, 1.165) is 25.8 Å². The van der Waals surface area contributed by atoms with Crippen molar-refractivity contribution in [1.29, 1.82) is 0 Å². The van der Waals surface area contributed by atoms with Gasteiger partial charge in [0.25, 0.3) is 0 Å². The molecule has 0 bridgehead atoms. The first-order chi connectivity index (χ1) is 10.2. The molecule has 122 valence electrons. The van der Waals surface area contributed by atoms with Crippen LogP contribution < -0.4 is 5.32 Å². The fraction of sp³-hybridized carbons (Fsp3) is 0.941. The van der Waals surface area contributed by atoms with Gasteiger partial charge in [-0.2, -0.15) is 0 Å². The standard InChI is InChI=1S/C17H32N2O2/c1-3-21-17(20)15-8-7-9-16(12-15)18-14(2)13-19-10-5-4-6-11-19/h14-16,18H,3-13H2,1-2H3. The van der Waals surface area contributed by atoms with Crippen LogP contribution in [0.15, 0.2) is 0 Å². The van der Waals surface area contributed by atoms with Crippen LogP contribution in [-0.2, 0) is 9.53 Å². The minimum atomic E-state index is 0.00711. The molecule has 1 aliphatic carbocycles. The molecule has 0 spiro atoms. The molecule has 0 aromatic rings. The maximum atomic E-state index is 11.9. The summed E-state index contributed by atoms with van der Waals surface area (Å²) in [6, 6.07) is 0.988. The molecule has 0 radical (unpaired) electrons. The van der Waals surface area contributed by atoms with E-state index in [1.807, 2.05) is 6.92 Å². The number of ether oxygens (including phenoxy) is 1. The summed E-state index contributed by atoms with van der Waals surface area (Å²) in [6.45, 7) is 8.31. The summed E-state index contributed by atoms with van der Waals surface area (Å²) in [5, 5.41) is 3.74. The largest absolute Gasteiger partial charge is 0.466 e. The fourth-order valence-electron chi connectivity index (χ4n) is 3.80. The first-order valence-corrected chi connectivity index (χ1v) is 8.84. The lowest BCUT2D eigenvalue weighted by atomic mass is 9.85. The number of hydrogen-bond acceptors (Lipinski definition) is 4. The molecule has 4 nitrogen and oxygen atoms in total. The van der Waals surface area contributed by atoms with E-state index in [4.69, 9.17) is 4.74 Å². The van der Waals surface area contributed by atoms with Crippen molar-refractivity contribution in [3.8, 4) is 0 Å². The third-order valence-corrected chi connectivity index (χ3v) is 4.80. The Balaban J connectivity index is 1.72. The van der Waals surface area contributed by atoms with Crippen LogP contribution in [0.25, 0.3) is 0 Å². The summed E-state index contributed by atoms with van der Waals surface area (Å²) >= 11 is 0. The van der Waals surface area contributed by atoms with Crippen LogP contribution >= 0.6 is 0 Å². The number of nitrogens with one attached hydrogen (secondary N) is 1. The Morgan fingerprint density at radius 1 is 1.24 bits per heavy atom. The third kappa shape index (κ3) is 5.59. The van der Waals surface area contributed by atoms with Crippen LogP contribution in [0.4, 0.5) is 0 Å². The number of piperidine rings is 1. The molecular weight excluding hydrogens is 264 g/mol. The summed E-state index contributed by atoms with van der Waals surface area (Å²) in [6.07, 6.45) is 8.36. The molecule has 1 saturated heterocycles. The summed E-state index contributed by atoms with van der Waals surface area (Å²) in [7, 11) is 0. The number of rotatable bonds is 6. The smallest absolute Gasteiger partial charge is 0.308 e. The van der Waals surface area contributed by atoms with Crippen molar-refractivity contribution in [2.75, 3.05) is 26.2 Å². The Morgan fingerprint density at radius 2 is 2.00 bits per heavy atom. The molecule has 1 N–H and O–H groups in total. The van der Waals surface area contributed by atoms with Gasteiger partial charge in [-0.25, -0.2) is 0 Å². The van der Waals surface area contributed by atoms with Crippen molar-refractivity contribution in [3.63, 3.8) is 0 Å². The number of nitrogens with zero attached hydrogens (tertiary/aromatic N) is 1. The van der Waals surface area contributed by atoms with Crippen LogP contribution in [0.2, 0.25) is 0 Å². The van der Waals surface area contributed by atoms with Crippen LogP contribution in [-0.4, -0.2) is 49.2 Å². The Labute approximate surface area is 129 Å². The van der Waals surface area contributed by atoms with Crippen LogP contribution in [0.5, 0.6) is 0 Å². The van der Waals surface area contributed by atoms with E-state index >= 15 is 0 Å². The van der Waals surface area contributed by atoms with Crippen molar-refractivity contribution >= 4 is 5.97 Å². The number of hydrogen-bond donors (Lipinski definition) is 1. The van der Waals surface area contributed by atoms with Gasteiger partial charge in [0.1, 0.15) is 0 Å². The molecule has 4 heteroatoms. The first kappa shape index (κ1) is 16.8. The zero-order valence-electron chi connectivity index (χ0n) is 13.8. The lowest BCUT2D eigenvalue weighted by Gasteiger charge is -2.34. The molecular formula is C17H32N2O2. The van der Waals surface area contributed by atoms with Gasteiger partial charge in [-0.3, -0.25) is 4.79 Å². The van der Waals surface area contributed by atoms with E-state index in [0.29, 0.717) is 18.7 Å². The Hall–Kier alpha value is -0.610. The van der Waals surface area contributed by atoms with Gasteiger partial charge < -0.3 is 15.0 Å². The van der Waals surface area contributed by atoms with Gasteiger partial charge in [-0.1, -0.05) is 12.8 Å². The number of esters is 1. The fourth-order valence-corrected chi connectivity index (χ4v) is 3.80. The number of carbonyl (C=O) groups is 1. The Kier molecular flexibility index (Phi) is 6.97. The van der Waals surface area contributed by atoms with Crippen LogP contribution in [0.3, 0.4) is 0 Å². The van der Waals surface area contributed by atoms with Crippen molar-refractivity contribution in [2.45, 2.75) is 70.9 Å². The van der Waals surface area contributed by atoms with E-state index < -0.39 is 0 Å². The van der Waals surface area contributed by atoms with E-state index in [1.54, 1.807) is 0 Å². The van der Waals surface area contributed by atoms with Gasteiger partial charge in [0, 0.05) is 18.6 Å². The van der Waals surface area contributed by atoms with Gasteiger partial charge in [-0.05, 0) is 59.0 Å². The molecule has 3 unspecified atom stereocenters. The topological polar surface area (TPSA) is 41.6 Å². The lowest BCUT2D eigenvalue weighted by molar-refractivity contribution is -0.149. The average molecular weight is 296 g/mol. The molecule has 1 aliphatic heterocycles. The summed E-state index contributed by atoms with van der Waals surface area (Å²) < 4.78 is 5.18. The highest BCUT2D eigenvalue weighted by Gasteiger charge is 2.29. The first-order valence-electron chi connectivity index (χ1n) is 8.84. The molecule has 0 amide bonds. The van der Waals surface area contributed by atoms with Crippen LogP contribution in [0.1, 0.15) is 58.8 Å². The molecule has 2 fully saturated rings. The summed E-state index contributed by atoms with van der Waals surface area (Å²) in [5.41, 5.74) is 0. The number of carbonyl (C=O) groups excluding carboxylic acids is 1. The third-order valence-electron chi connectivity index (χ3n) is 4.80. The quantitative estimate of drug-likeness (QED) is 0.765. The molecule has 21 heavy (non-hydrogen) atoms. The second kappa shape index (κ2) is 8.74. The second-order valence-electron chi connectivity index (χ2n) is 6.74. The highest BCUT2D eigenvalue weighted by Crippen LogP contribution is 2.25. The zero-order valence-corrected chi connectivity index (χ0v) is 13.8. The number of likely N-dealkylation sites (tertiary alicyclic amines) is 1. The van der Waals surface area contributed by atoms with Gasteiger partial charge >= 0.3 is 5.97 Å². The predicted octanol–water partition coefficient (Wildman–Crippen LogP) is 2.57. The van der Waals surface area contributed by atoms with Gasteiger partial charge in [0.2, 0.25) is 0 Å². The maximum Gasteiger partial charge on any atom is 0.308 e. The monoisotopic (exact) mass is 296 g/mol. The molecule has 3 atom stereocenters. The van der Waals surface area contributed by atoms with E-state index in [1.165, 1.54) is 38.8 Å². The van der Waals surface area contributed by atoms with E-state index in [2.05, 4.69) is 17.1 Å². The molecule has 2 aliphatic rings. The Morgan fingerprint density at radius 3 is 2.71 bits per heavy atom. The normalized spacial score (nSPS) is 29.0. The van der Waals surface area contributed by atoms with Crippen molar-refractivity contribution in [2.24, 2.45) is 5.92 Å². The average Bonchev–Trinajstić information content (AvgIpc) is 2.48. The summed E-state index contributed by atoms with van der Waals surface area (Å²) in [4.78, 5) is 14.5. The maximum absolute atomic E-state index is 11.9. The highest BCUT2D eigenvalue weighted by molar-refractivity contribution is 5.72. The molecule has 0 aromatic heterocycles. The Bertz CT molecular complexity index is 316.